The summed E-state index contributed by atoms with van der Waals surface area (Å²) in [6.45, 7) is 4.35. The molecule has 2 unspecified atom stereocenters. The molecule has 0 aromatic heterocycles. The Bertz CT molecular complexity index is 623. The second-order valence-corrected chi connectivity index (χ2v) is 6.16. The van der Waals surface area contributed by atoms with Crippen LogP contribution in [0.5, 0.6) is 0 Å². The van der Waals surface area contributed by atoms with Crippen molar-refractivity contribution >= 4 is 5.91 Å². The van der Waals surface area contributed by atoms with E-state index in [2.05, 4.69) is 5.32 Å². The lowest BCUT2D eigenvalue weighted by Gasteiger charge is -2.19. The molecular weight excluding hydrogens is 286 g/mol. The largest absolute Gasteiger partial charge is 0.393 e. The van der Waals surface area contributed by atoms with Crippen LogP contribution in [0.25, 0.3) is 0 Å². The molecule has 2 aromatic rings. The van der Waals surface area contributed by atoms with E-state index in [0.717, 1.165) is 16.7 Å². The smallest absolute Gasteiger partial charge is 0.224 e. The fourth-order valence-corrected chi connectivity index (χ4v) is 2.78. The molecule has 23 heavy (non-hydrogen) atoms. The first-order valence-corrected chi connectivity index (χ1v) is 8.10. The van der Waals surface area contributed by atoms with E-state index in [9.17, 15) is 9.90 Å². The number of carbonyl (C=O) groups excluding carboxylic acids is 1. The molecule has 0 bridgehead atoms. The van der Waals surface area contributed by atoms with E-state index in [1.807, 2.05) is 61.5 Å². The van der Waals surface area contributed by atoms with Gasteiger partial charge in [0.25, 0.3) is 0 Å². The third-order valence-electron chi connectivity index (χ3n) is 3.89. The molecule has 0 aliphatic rings. The van der Waals surface area contributed by atoms with Crippen molar-refractivity contribution in [2.75, 3.05) is 6.54 Å². The molecule has 3 heteroatoms. The van der Waals surface area contributed by atoms with Crippen molar-refractivity contribution in [1.82, 2.24) is 5.32 Å². The van der Waals surface area contributed by atoms with E-state index in [1.165, 1.54) is 0 Å². The summed E-state index contributed by atoms with van der Waals surface area (Å²) in [5, 5.41) is 12.7. The van der Waals surface area contributed by atoms with Crippen LogP contribution in [-0.4, -0.2) is 23.7 Å². The summed E-state index contributed by atoms with van der Waals surface area (Å²) in [7, 11) is 0. The maximum atomic E-state index is 12.2. The van der Waals surface area contributed by atoms with E-state index >= 15 is 0 Å². The zero-order valence-electron chi connectivity index (χ0n) is 13.8. The SMILES string of the molecule is Cc1cccc(CC(=O)NCC(CC(C)O)c2ccccc2)c1. The predicted molar refractivity (Wildman–Crippen MR) is 93.4 cm³/mol. The maximum absolute atomic E-state index is 12.2. The topological polar surface area (TPSA) is 49.3 Å². The summed E-state index contributed by atoms with van der Waals surface area (Å²) in [6, 6.07) is 18.0. The Morgan fingerprint density at radius 2 is 1.87 bits per heavy atom. The van der Waals surface area contributed by atoms with Gasteiger partial charge in [-0.3, -0.25) is 4.79 Å². The number of aryl methyl sites for hydroxylation is 1. The van der Waals surface area contributed by atoms with Gasteiger partial charge in [0.1, 0.15) is 0 Å². The number of hydrogen-bond acceptors (Lipinski definition) is 2. The van der Waals surface area contributed by atoms with Gasteiger partial charge in [0, 0.05) is 12.5 Å². The Hall–Kier alpha value is -2.13. The average molecular weight is 311 g/mol. The highest BCUT2D eigenvalue weighted by Gasteiger charge is 2.15. The molecule has 0 saturated heterocycles. The molecular formula is C20H25NO2. The Morgan fingerprint density at radius 3 is 2.52 bits per heavy atom. The van der Waals surface area contributed by atoms with Crippen LogP contribution in [0.4, 0.5) is 0 Å². The predicted octanol–water partition coefficient (Wildman–Crippen LogP) is 3.21. The summed E-state index contributed by atoms with van der Waals surface area (Å²) < 4.78 is 0. The first kappa shape index (κ1) is 17.2. The molecule has 0 saturated carbocycles. The highest BCUT2D eigenvalue weighted by atomic mass is 16.3. The Kier molecular flexibility index (Phi) is 6.36. The van der Waals surface area contributed by atoms with Crippen molar-refractivity contribution in [2.45, 2.75) is 38.7 Å². The summed E-state index contributed by atoms with van der Waals surface area (Å²) in [5.74, 6) is 0.139. The lowest BCUT2D eigenvalue weighted by Crippen LogP contribution is -2.30. The van der Waals surface area contributed by atoms with Crippen LogP contribution in [0.3, 0.4) is 0 Å². The second kappa shape index (κ2) is 8.49. The number of hydrogen-bond donors (Lipinski definition) is 2. The second-order valence-electron chi connectivity index (χ2n) is 6.16. The first-order chi connectivity index (χ1) is 11.0. The minimum Gasteiger partial charge on any atom is -0.393 e. The third kappa shape index (κ3) is 5.87. The molecule has 0 radical (unpaired) electrons. The van der Waals surface area contributed by atoms with Crippen LogP contribution in [0.2, 0.25) is 0 Å². The van der Waals surface area contributed by atoms with E-state index in [0.29, 0.717) is 19.4 Å². The Morgan fingerprint density at radius 1 is 1.13 bits per heavy atom. The summed E-state index contributed by atoms with van der Waals surface area (Å²) in [4.78, 5) is 12.2. The zero-order valence-corrected chi connectivity index (χ0v) is 13.8. The van der Waals surface area contributed by atoms with Gasteiger partial charge in [-0.2, -0.15) is 0 Å². The van der Waals surface area contributed by atoms with E-state index in [-0.39, 0.29) is 11.8 Å². The fourth-order valence-electron chi connectivity index (χ4n) is 2.78. The van der Waals surface area contributed by atoms with Crippen LogP contribution in [-0.2, 0) is 11.2 Å². The molecule has 2 aromatic carbocycles. The van der Waals surface area contributed by atoms with Gasteiger partial charge in [0.2, 0.25) is 5.91 Å². The number of benzene rings is 2. The molecule has 2 rings (SSSR count). The van der Waals surface area contributed by atoms with Gasteiger partial charge in [-0.1, -0.05) is 60.2 Å². The monoisotopic (exact) mass is 311 g/mol. The zero-order chi connectivity index (χ0) is 16.7. The van der Waals surface area contributed by atoms with Crippen LogP contribution in [0.15, 0.2) is 54.6 Å². The third-order valence-corrected chi connectivity index (χ3v) is 3.89. The van der Waals surface area contributed by atoms with Crippen molar-refractivity contribution in [3.63, 3.8) is 0 Å². The van der Waals surface area contributed by atoms with Crippen molar-refractivity contribution in [3.8, 4) is 0 Å². The molecule has 0 fully saturated rings. The van der Waals surface area contributed by atoms with Gasteiger partial charge < -0.3 is 10.4 Å². The number of amides is 1. The van der Waals surface area contributed by atoms with Gasteiger partial charge in [0.05, 0.1) is 12.5 Å². The number of aliphatic hydroxyl groups is 1. The minimum absolute atomic E-state index is 0.0159. The summed E-state index contributed by atoms with van der Waals surface area (Å²) >= 11 is 0. The Labute approximate surface area is 138 Å². The average Bonchev–Trinajstić information content (AvgIpc) is 2.52. The van der Waals surface area contributed by atoms with Crippen LogP contribution in [0, 0.1) is 6.92 Å². The molecule has 2 atom stereocenters. The minimum atomic E-state index is -0.395. The summed E-state index contributed by atoms with van der Waals surface area (Å²) in [5.41, 5.74) is 3.32. The lowest BCUT2D eigenvalue weighted by atomic mass is 9.93. The quantitative estimate of drug-likeness (QED) is 0.825. The molecule has 0 aliphatic carbocycles. The molecule has 0 heterocycles. The molecule has 0 aliphatic heterocycles. The van der Waals surface area contributed by atoms with Crippen molar-refractivity contribution in [1.29, 1.82) is 0 Å². The molecule has 3 nitrogen and oxygen atoms in total. The van der Waals surface area contributed by atoms with Crippen molar-refractivity contribution in [2.24, 2.45) is 0 Å². The van der Waals surface area contributed by atoms with E-state index in [1.54, 1.807) is 6.92 Å². The van der Waals surface area contributed by atoms with Gasteiger partial charge in [-0.05, 0) is 31.4 Å². The lowest BCUT2D eigenvalue weighted by molar-refractivity contribution is -0.120. The summed E-state index contributed by atoms with van der Waals surface area (Å²) in [6.07, 6.45) is 0.626. The standard InChI is InChI=1S/C20H25NO2/c1-15-7-6-8-17(11-15)13-20(23)21-14-19(12-16(2)22)18-9-4-3-5-10-18/h3-11,16,19,22H,12-14H2,1-2H3,(H,21,23). The van der Waals surface area contributed by atoms with Crippen molar-refractivity contribution in [3.05, 3.63) is 71.3 Å². The number of aliphatic hydroxyl groups excluding tert-OH is 1. The van der Waals surface area contributed by atoms with Crippen LogP contribution in [0.1, 0.15) is 36.0 Å². The van der Waals surface area contributed by atoms with Crippen molar-refractivity contribution < 1.29 is 9.90 Å². The van der Waals surface area contributed by atoms with Gasteiger partial charge in [0.15, 0.2) is 0 Å². The molecule has 1 amide bonds. The van der Waals surface area contributed by atoms with E-state index in [4.69, 9.17) is 0 Å². The van der Waals surface area contributed by atoms with Gasteiger partial charge >= 0.3 is 0 Å². The van der Waals surface area contributed by atoms with E-state index < -0.39 is 6.10 Å². The van der Waals surface area contributed by atoms with Crippen LogP contribution >= 0.6 is 0 Å². The van der Waals surface area contributed by atoms with Gasteiger partial charge in [-0.15, -0.1) is 0 Å². The first-order valence-electron chi connectivity index (χ1n) is 8.10. The number of rotatable bonds is 7. The van der Waals surface area contributed by atoms with Gasteiger partial charge in [-0.25, -0.2) is 0 Å². The highest BCUT2D eigenvalue weighted by molar-refractivity contribution is 5.78. The normalized spacial score (nSPS) is 13.3. The number of carbonyl (C=O) groups is 1. The molecule has 122 valence electrons. The fraction of sp³-hybridized carbons (Fsp3) is 0.350. The molecule has 0 spiro atoms. The maximum Gasteiger partial charge on any atom is 0.224 e. The van der Waals surface area contributed by atoms with Crippen LogP contribution < -0.4 is 5.32 Å². The number of nitrogens with one attached hydrogen (secondary N) is 1. The Balaban J connectivity index is 1.94. The highest BCUT2D eigenvalue weighted by Crippen LogP contribution is 2.20. The molecule has 2 N–H and O–H groups in total.